The average Bonchev–Trinajstić information content (AvgIpc) is 3.06. The normalized spacial score (nSPS) is 17.2. The molecule has 1 fully saturated rings. The number of nitrogens with one attached hydrogen (secondary N) is 1. The minimum Gasteiger partial charge on any atom is -0.380 e. The fourth-order valence-electron chi connectivity index (χ4n) is 1.76. The molecule has 16 heavy (non-hydrogen) atoms. The minimum atomic E-state index is 0.369. The Balaban J connectivity index is 2.01. The standard InChI is InChI=1S/C11H15Cl2N3/c1-2-8(5-7-3-4-7)14-9-6-10(12)15-16-11(9)13/h6-8H,2-5H2,1H3,(H,14,15). The molecule has 0 spiro atoms. The second-order valence-corrected chi connectivity index (χ2v) is 5.05. The van der Waals surface area contributed by atoms with Crippen LogP contribution in [0.5, 0.6) is 0 Å². The molecule has 5 heteroatoms. The smallest absolute Gasteiger partial charge is 0.174 e. The van der Waals surface area contributed by atoms with E-state index in [1.165, 1.54) is 19.3 Å². The maximum Gasteiger partial charge on any atom is 0.174 e. The maximum absolute atomic E-state index is 5.95. The van der Waals surface area contributed by atoms with Crippen molar-refractivity contribution in [2.24, 2.45) is 5.92 Å². The quantitative estimate of drug-likeness (QED) is 0.875. The number of rotatable bonds is 5. The molecular weight excluding hydrogens is 245 g/mol. The van der Waals surface area contributed by atoms with Crippen molar-refractivity contribution in [1.82, 2.24) is 10.2 Å². The van der Waals surface area contributed by atoms with Gasteiger partial charge in [0, 0.05) is 12.1 Å². The van der Waals surface area contributed by atoms with E-state index in [0.29, 0.717) is 16.3 Å². The van der Waals surface area contributed by atoms with Gasteiger partial charge in [0.15, 0.2) is 10.3 Å². The molecule has 0 aliphatic heterocycles. The number of hydrogen-bond acceptors (Lipinski definition) is 3. The van der Waals surface area contributed by atoms with Gasteiger partial charge in [-0.3, -0.25) is 0 Å². The lowest BCUT2D eigenvalue weighted by atomic mass is 10.1. The molecule has 0 aromatic carbocycles. The van der Waals surface area contributed by atoms with Gasteiger partial charge in [-0.1, -0.05) is 43.0 Å². The van der Waals surface area contributed by atoms with Crippen LogP contribution in [-0.4, -0.2) is 16.2 Å². The number of nitrogens with zero attached hydrogens (tertiary/aromatic N) is 2. The first kappa shape index (κ1) is 11.9. The molecule has 1 N–H and O–H groups in total. The Hall–Kier alpha value is -0.540. The average molecular weight is 260 g/mol. The van der Waals surface area contributed by atoms with E-state index in [-0.39, 0.29) is 0 Å². The van der Waals surface area contributed by atoms with Gasteiger partial charge in [-0.05, 0) is 18.8 Å². The van der Waals surface area contributed by atoms with Gasteiger partial charge < -0.3 is 5.32 Å². The van der Waals surface area contributed by atoms with Crippen molar-refractivity contribution in [2.75, 3.05) is 5.32 Å². The molecule has 1 unspecified atom stereocenters. The highest BCUT2D eigenvalue weighted by molar-refractivity contribution is 6.33. The van der Waals surface area contributed by atoms with Gasteiger partial charge in [-0.15, -0.1) is 10.2 Å². The molecule has 1 aliphatic carbocycles. The predicted octanol–water partition coefficient (Wildman–Crippen LogP) is 3.77. The van der Waals surface area contributed by atoms with Crippen LogP contribution in [0.2, 0.25) is 10.3 Å². The Bertz CT molecular complexity index is 366. The first-order valence-electron chi connectivity index (χ1n) is 5.64. The Morgan fingerprint density at radius 2 is 2.19 bits per heavy atom. The van der Waals surface area contributed by atoms with Gasteiger partial charge in [0.05, 0.1) is 5.69 Å². The first-order valence-corrected chi connectivity index (χ1v) is 6.40. The van der Waals surface area contributed by atoms with Gasteiger partial charge in [0.2, 0.25) is 0 Å². The van der Waals surface area contributed by atoms with Crippen LogP contribution in [0.4, 0.5) is 5.69 Å². The SMILES string of the molecule is CCC(CC1CC1)Nc1cc(Cl)nnc1Cl. The molecule has 0 amide bonds. The van der Waals surface area contributed by atoms with Gasteiger partial charge >= 0.3 is 0 Å². The summed E-state index contributed by atoms with van der Waals surface area (Å²) in [5, 5.41) is 11.6. The van der Waals surface area contributed by atoms with Crippen molar-refractivity contribution in [3.63, 3.8) is 0 Å². The number of aromatic nitrogens is 2. The summed E-state index contributed by atoms with van der Waals surface area (Å²) in [6.45, 7) is 2.17. The van der Waals surface area contributed by atoms with E-state index in [0.717, 1.165) is 18.0 Å². The van der Waals surface area contributed by atoms with Gasteiger partial charge in [-0.2, -0.15) is 0 Å². The topological polar surface area (TPSA) is 37.8 Å². The van der Waals surface area contributed by atoms with Gasteiger partial charge in [-0.25, -0.2) is 0 Å². The van der Waals surface area contributed by atoms with Crippen molar-refractivity contribution in [3.05, 3.63) is 16.4 Å². The van der Waals surface area contributed by atoms with Crippen molar-refractivity contribution in [1.29, 1.82) is 0 Å². The molecular formula is C11H15Cl2N3. The first-order chi connectivity index (χ1) is 7.69. The molecule has 3 nitrogen and oxygen atoms in total. The van der Waals surface area contributed by atoms with Crippen LogP contribution in [0, 0.1) is 5.92 Å². The Labute approximate surface area is 106 Å². The molecule has 1 saturated carbocycles. The van der Waals surface area contributed by atoms with Crippen LogP contribution >= 0.6 is 23.2 Å². The van der Waals surface area contributed by atoms with Crippen LogP contribution in [-0.2, 0) is 0 Å². The summed E-state index contributed by atoms with van der Waals surface area (Å²) in [5.74, 6) is 0.890. The summed E-state index contributed by atoms with van der Waals surface area (Å²) in [7, 11) is 0. The van der Waals surface area contributed by atoms with Crippen molar-refractivity contribution in [3.8, 4) is 0 Å². The third-order valence-electron chi connectivity index (χ3n) is 2.89. The Morgan fingerprint density at radius 1 is 1.44 bits per heavy atom. The Morgan fingerprint density at radius 3 is 2.81 bits per heavy atom. The van der Waals surface area contributed by atoms with Crippen LogP contribution in [0.25, 0.3) is 0 Å². The molecule has 88 valence electrons. The third-order valence-corrected chi connectivity index (χ3v) is 3.35. The van der Waals surface area contributed by atoms with Gasteiger partial charge in [0.25, 0.3) is 0 Å². The van der Waals surface area contributed by atoms with Crippen LogP contribution in [0.3, 0.4) is 0 Å². The van der Waals surface area contributed by atoms with Gasteiger partial charge in [0.1, 0.15) is 0 Å². The third kappa shape index (κ3) is 3.22. The summed E-state index contributed by atoms with van der Waals surface area (Å²) in [6, 6.07) is 2.18. The van der Waals surface area contributed by atoms with Crippen LogP contribution < -0.4 is 5.32 Å². The summed E-state index contributed by atoms with van der Waals surface area (Å²) in [6.07, 6.45) is 5.00. The van der Waals surface area contributed by atoms with Crippen molar-refractivity contribution in [2.45, 2.75) is 38.6 Å². The molecule has 1 aromatic rings. The minimum absolute atomic E-state index is 0.369. The Kier molecular flexibility index (Phi) is 3.87. The summed E-state index contributed by atoms with van der Waals surface area (Å²) in [5.41, 5.74) is 0.786. The van der Waals surface area contributed by atoms with E-state index in [4.69, 9.17) is 23.2 Å². The zero-order chi connectivity index (χ0) is 11.5. The maximum atomic E-state index is 5.95. The number of anilines is 1. The molecule has 0 bridgehead atoms. The van der Waals surface area contributed by atoms with E-state index < -0.39 is 0 Å². The summed E-state index contributed by atoms with van der Waals surface area (Å²) in [4.78, 5) is 0. The largest absolute Gasteiger partial charge is 0.380 e. The lowest BCUT2D eigenvalue weighted by molar-refractivity contribution is 0.586. The molecule has 1 heterocycles. The number of halogens is 2. The highest BCUT2D eigenvalue weighted by Gasteiger charge is 2.25. The zero-order valence-electron chi connectivity index (χ0n) is 9.21. The predicted molar refractivity (Wildman–Crippen MR) is 67.1 cm³/mol. The molecule has 1 aromatic heterocycles. The fraction of sp³-hybridized carbons (Fsp3) is 0.636. The van der Waals surface area contributed by atoms with Crippen LogP contribution in [0.1, 0.15) is 32.6 Å². The van der Waals surface area contributed by atoms with E-state index >= 15 is 0 Å². The number of hydrogen-bond donors (Lipinski definition) is 1. The fourth-order valence-corrected chi connectivity index (χ4v) is 2.05. The van der Waals surface area contributed by atoms with Crippen molar-refractivity contribution < 1.29 is 0 Å². The monoisotopic (exact) mass is 259 g/mol. The molecule has 1 atom stereocenters. The zero-order valence-corrected chi connectivity index (χ0v) is 10.7. The van der Waals surface area contributed by atoms with Crippen LogP contribution in [0.15, 0.2) is 6.07 Å². The highest BCUT2D eigenvalue weighted by Crippen LogP contribution is 2.35. The summed E-state index contributed by atoms with van der Waals surface area (Å²) < 4.78 is 0. The van der Waals surface area contributed by atoms with Crippen molar-refractivity contribution >= 4 is 28.9 Å². The van der Waals surface area contributed by atoms with E-state index in [1.807, 2.05) is 0 Å². The lowest BCUT2D eigenvalue weighted by Gasteiger charge is -2.18. The molecule has 0 saturated heterocycles. The van der Waals surface area contributed by atoms with E-state index in [2.05, 4.69) is 22.4 Å². The summed E-state index contributed by atoms with van der Waals surface area (Å²) >= 11 is 11.7. The lowest BCUT2D eigenvalue weighted by Crippen LogP contribution is -2.19. The molecule has 0 radical (unpaired) electrons. The second-order valence-electron chi connectivity index (χ2n) is 4.30. The molecule has 1 aliphatic rings. The second kappa shape index (κ2) is 5.19. The molecule has 2 rings (SSSR count). The highest BCUT2D eigenvalue weighted by atomic mass is 35.5. The van der Waals surface area contributed by atoms with E-state index in [1.54, 1.807) is 6.07 Å². The van der Waals surface area contributed by atoms with E-state index in [9.17, 15) is 0 Å².